The number of amides is 1. The van der Waals surface area contributed by atoms with Gasteiger partial charge in [-0.2, -0.15) is 0 Å². The Balaban J connectivity index is 1.77. The first kappa shape index (κ1) is 16.0. The average Bonchev–Trinajstić information content (AvgIpc) is 2.54. The summed E-state index contributed by atoms with van der Waals surface area (Å²) >= 11 is 0. The summed E-state index contributed by atoms with van der Waals surface area (Å²) in [4.78, 5) is 14.0. The molecule has 1 amide bonds. The van der Waals surface area contributed by atoms with Crippen molar-refractivity contribution < 1.29 is 9.53 Å². The van der Waals surface area contributed by atoms with Gasteiger partial charge in [-0.05, 0) is 30.3 Å². The van der Waals surface area contributed by atoms with Gasteiger partial charge in [0.25, 0.3) is 0 Å². The summed E-state index contributed by atoms with van der Waals surface area (Å²) in [5.41, 5.74) is 2.23. The summed E-state index contributed by atoms with van der Waals surface area (Å²) in [5, 5.41) is 2.93. The highest BCUT2D eigenvalue weighted by atomic mass is 16.5. The predicted octanol–water partition coefficient (Wildman–Crippen LogP) is 2.44. The van der Waals surface area contributed by atoms with Crippen LogP contribution in [0, 0.1) is 0 Å². The van der Waals surface area contributed by atoms with Gasteiger partial charge in [0.05, 0.1) is 13.7 Å². The third kappa shape index (κ3) is 5.22. The standard InChI is InChI=1S/C18H22N2O2/c1-20(13-15-7-4-3-5-8-15)14-18(21)19-12-16-9-6-10-17(11-16)22-2/h3-11H,12-14H2,1-2H3,(H,19,21). The van der Waals surface area contributed by atoms with Crippen LogP contribution in [-0.4, -0.2) is 31.5 Å². The molecule has 0 saturated carbocycles. The molecule has 0 unspecified atom stereocenters. The maximum atomic E-state index is 12.0. The van der Waals surface area contributed by atoms with Gasteiger partial charge in [0.15, 0.2) is 0 Å². The molecule has 4 heteroatoms. The number of nitrogens with one attached hydrogen (secondary N) is 1. The highest BCUT2D eigenvalue weighted by Crippen LogP contribution is 2.12. The predicted molar refractivity (Wildman–Crippen MR) is 87.6 cm³/mol. The lowest BCUT2D eigenvalue weighted by molar-refractivity contribution is -0.122. The molecule has 0 fully saturated rings. The lowest BCUT2D eigenvalue weighted by Gasteiger charge is -2.16. The second kappa shape index (κ2) is 8.20. The number of hydrogen-bond acceptors (Lipinski definition) is 3. The van der Waals surface area contributed by atoms with Crippen molar-refractivity contribution in [1.29, 1.82) is 0 Å². The molecule has 0 saturated heterocycles. The fraction of sp³-hybridized carbons (Fsp3) is 0.278. The number of carbonyl (C=O) groups excluding carboxylic acids is 1. The van der Waals surface area contributed by atoms with Gasteiger partial charge in [-0.25, -0.2) is 0 Å². The van der Waals surface area contributed by atoms with E-state index in [1.54, 1.807) is 7.11 Å². The quantitative estimate of drug-likeness (QED) is 0.853. The molecule has 0 bridgehead atoms. The number of methoxy groups -OCH3 is 1. The summed E-state index contributed by atoms with van der Waals surface area (Å²) in [6.07, 6.45) is 0. The van der Waals surface area contributed by atoms with Crippen LogP contribution in [0.2, 0.25) is 0 Å². The van der Waals surface area contributed by atoms with Gasteiger partial charge in [0.1, 0.15) is 5.75 Å². The van der Waals surface area contributed by atoms with Gasteiger partial charge in [-0.3, -0.25) is 9.69 Å². The topological polar surface area (TPSA) is 41.6 Å². The van der Waals surface area contributed by atoms with E-state index in [2.05, 4.69) is 17.4 Å². The van der Waals surface area contributed by atoms with Crippen LogP contribution in [0.5, 0.6) is 5.75 Å². The highest BCUT2D eigenvalue weighted by molar-refractivity contribution is 5.77. The smallest absolute Gasteiger partial charge is 0.234 e. The molecule has 0 spiro atoms. The Morgan fingerprint density at radius 3 is 2.55 bits per heavy atom. The molecule has 0 aliphatic heterocycles. The van der Waals surface area contributed by atoms with Gasteiger partial charge in [0, 0.05) is 13.1 Å². The van der Waals surface area contributed by atoms with E-state index in [0.717, 1.165) is 17.9 Å². The van der Waals surface area contributed by atoms with Crippen molar-refractivity contribution in [2.75, 3.05) is 20.7 Å². The Bertz CT molecular complexity index is 599. The molecule has 2 rings (SSSR count). The molecule has 2 aromatic rings. The fourth-order valence-electron chi connectivity index (χ4n) is 2.24. The third-order valence-corrected chi connectivity index (χ3v) is 3.33. The zero-order chi connectivity index (χ0) is 15.8. The molecule has 116 valence electrons. The van der Waals surface area contributed by atoms with Crippen LogP contribution >= 0.6 is 0 Å². The van der Waals surface area contributed by atoms with Crippen molar-refractivity contribution in [3.63, 3.8) is 0 Å². The van der Waals surface area contributed by atoms with E-state index in [0.29, 0.717) is 13.1 Å². The largest absolute Gasteiger partial charge is 0.497 e. The van der Waals surface area contributed by atoms with Gasteiger partial charge in [-0.1, -0.05) is 42.5 Å². The first-order chi connectivity index (χ1) is 10.7. The van der Waals surface area contributed by atoms with Crippen LogP contribution in [0.25, 0.3) is 0 Å². The molecule has 0 radical (unpaired) electrons. The molecule has 0 heterocycles. The number of carbonyl (C=O) groups is 1. The number of benzene rings is 2. The molecule has 2 aromatic carbocycles. The normalized spacial score (nSPS) is 10.5. The highest BCUT2D eigenvalue weighted by Gasteiger charge is 2.07. The molecule has 1 N–H and O–H groups in total. The number of ether oxygens (including phenoxy) is 1. The lowest BCUT2D eigenvalue weighted by atomic mass is 10.2. The Hall–Kier alpha value is -2.33. The fourth-order valence-corrected chi connectivity index (χ4v) is 2.24. The number of hydrogen-bond donors (Lipinski definition) is 1. The Kier molecular flexibility index (Phi) is 5.98. The van der Waals surface area contributed by atoms with E-state index < -0.39 is 0 Å². The van der Waals surface area contributed by atoms with E-state index in [4.69, 9.17) is 4.74 Å². The third-order valence-electron chi connectivity index (χ3n) is 3.33. The molecule has 0 aliphatic rings. The van der Waals surface area contributed by atoms with Crippen LogP contribution in [0.15, 0.2) is 54.6 Å². The summed E-state index contributed by atoms with van der Waals surface area (Å²) in [5.74, 6) is 0.814. The van der Waals surface area contributed by atoms with Crippen molar-refractivity contribution in [3.8, 4) is 5.75 Å². The lowest BCUT2D eigenvalue weighted by Crippen LogP contribution is -2.34. The van der Waals surface area contributed by atoms with E-state index in [-0.39, 0.29) is 5.91 Å². The van der Waals surface area contributed by atoms with Crippen LogP contribution in [0.1, 0.15) is 11.1 Å². The molecule has 4 nitrogen and oxygen atoms in total. The molecular formula is C18H22N2O2. The van der Waals surface area contributed by atoms with Gasteiger partial charge >= 0.3 is 0 Å². The van der Waals surface area contributed by atoms with Gasteiger partial charge in [0.2, 0.25) is 5.91 Å². The Morgan fingerprint density at radius 2 is 1.82 bits per heavy atom. The van der Waals surface area contributed by atoms with Crippen molar-refractivity contribution in [3.05, 3.63) is 65.7 Å². The molecular weight excluding hydrogens is 276 g/mol. The summed E-state index contributed by atoms with van der Waals surface area (Å²) in [6.45, 7) is 1.64. The molecule has 22 heavy (non-hydrogen) atoms. The Morgan fingerprint density at radius 1 is 1.09 bits per heavy atom. The van der Waals surface area contributed by atoms with Crippen LogP contribution in [-0.2, 0) is 17.9 Å². The van der Waals surface area contributed by atoms with Gasteiger partial charge < -0.3 is 10.1 Å². The van der Waals surface area contributed by atoms with Gasteiger partial charge in [-0.15, -0.1) is 0 Å². The summed E-state index contributed by atoms with van der Waals surface area (Å²) < 4.78 is 5.17. The first-order valence-corrected chi connectivity index (χ1v) is 7.29. The second-order valence-electron chi connectivity index (χ2n) is 5.29. The van der Waals surface area contributed by atoms with E-state index in [1.165, 1.54) is 5.56 Å². The van der Waals surface area contributed by atoms with E-state index >= 15 is 0 Å². The van der Waals surface area contributed by atoms with Crippen molar-refractivity contribution in [2.24, 2.45) is 0 Å². The van der Waals surface area contributed by atoms with E-state index in [1.807, 2.05) is 54.4 Å². The maximum Gasteiger partial charge on any atom is 0.234 e. The number of rotatable bonds is 7. The minimum atomic E-state index is 0.0150. The molecule has 0 atom stereocenters. The van der Waals surface area contributed by atoms with Crippen LogP contribution in [0.4, 0.5) is 0 Å². The molecule has 0 aliphatic carbocycles. The number of likely N-dealkylation sites (N-methyl/N-ethyl adjacent to an activating group) is 1. The minimum Gasteiger partial charge on any atom is -0.497 e. The summed E-state index contributed by atoms with van der Waals surface area (Å²) in [7, 11) is 3.58. The maximum absolute atomic E-state index is 12.0. The Labute approximate surface area is 131 Å². The minimum absolute atomic E-state index is 0.0150. The second-order valence-corrected chi connectivity index (χ2v) is 5.29. The zero-order valence-corrected chi connectivity index (χ0v) is 13.1. The van der Waals surface area contributed by atoms with Crippen LogP contribution < -0.4 is 10.1 Å². The zero-order valence-electron chi connectivity index (χ0n) is 13.1. The van der Waals surface area contributed by atoms with Crippen molar-refractivity contribution in [1.82, 2.24) is 10.2 Å². The molecule has 0 aromatic heterocycles. The average molecular weight is 298 g/mol. The SMILES string of the molecule is COc1cccc(CNC(=O)CN(C)Cc2ccccc2)c1. The number of nitrogens with zero attached hydrogens (tertiary/aromatic N) is 1. The van der Waals surface area contributed by atoms with Crippen LogP contribution in [0.3, 0.4) is 0 Å². The monoisotopic (exact) mass is 298 g/mol. The van der Waals surface area contributed by atoms with E-state index in [9.17, 15) is 4.79 Å². The summed E-state index contributed by atoms with van der Waals surface area (Å²) in [6, 6.07) is 17.8. The van der Waals surface area contributed by atoms with Crippen molar-refractivity contribution in [2.45, 2.75) is 13.1 Å². The first-order valence-electron chi connectivity index (χ1n) is 7.29. The van der Waals surface area contributed by atoms with Crippen molar-refractivity contribution >= 4 is 5.91 Å².